The van der Waals surface area contributed by atoms with Crippen molar-refractivity contribution in [1.29, 1.82) is 0 Å². The highest BCUT2D eigenvalue weighted by molar-refractivity contribution is 5.93. The average molecular weight is 717 g/mol. The molecule has 5 amide bonds. The van der Waals surface area contributed by atoms with Gasteiger partial charge >= 0.3 is 5.97 Å². The number of amides is 5. The van der Waals surface area contributed by atoms with Crippen molar-refractivity contribution < 1.29 is 33.5 Å². The number of methoxy groups -OCH3 is 1. The normalized spacial score (nSPS) is 15.5. The fourth-order valence-electron chi connectivity index (χ4n) is 5.57. The molecule has 0 spiro atoms. The zero-order valence-electron chi connectivity index (χ0n) is 32.3. The summed E-state index contributed by atoms with van der Waals surface area (Å²) in [4.78, 5) is 78.7. The summed E-state index contributed by atoms with van der Waals surface area (Å²) in [5.41, 5.74) is 7.50. The molecule has 0 aliphatic rings. The molecule has 0 saturated carbocycles. The Balaban J connectivity index is 3.18. The summed E-state index contributed by atoms with van der Waals surface area (Å²) in [6.07, 6.45) is 1.61. The minimum absolute atomic E-state index is 0.115. The van der Waals surface area contributed by atoms with E-state index >= 15 is 0 Å². The third kappa shape index (κ3) is 16.3. The fourth-order valence-corrected chi connectivity index (χ4v) is 5.57. The Kier molecular flexibility index (Phi) is 20.1. The van der Waals surface area contributed by atoms with Crippen LogP contribution in [0.25, 0.3) is 0 Å². The highest BCUT2D eigenvalue weighted by atomic mass is 16.5. The number of nitrogens with two attached hydrogens (primary N) is 1. The Bertz CT molecular complexity index is 1270. The van der Waals surface area contributed by atoms with Crippen molar-refractivity contribution in [1.82, 2.24) is 26.6 Å². The van der Waals surface area contributed by atoms with E-state index in [1.807, 2.05) is 71.9 Å². The molecule has 7 N–H and O–H groups in total. The largest absolute Gasteiger partial charge is 0.467 e. The SMILES string of the molecule is CC[C@H](NC(=O)[C@H](CC(C)C)NC(=O)CC(C)C)C(=O)N[C@@H](Cc1ccccc1)[C@@H](N)CC(=O)N[C@H](C(=O)NC(C(=O)OC)C(C)C)[C@@H](C)CC. The highest BCUT2D eigenvalue weighted by Gasteiger charge is 2.34. The molecule has 51 heavy (non-hydrogen) atoms. The third-order valence-electron chi connectivity index (χ3n) is 8.79. The lowest BCUT2D eigenvalue weighted by molar-refractivity contribution is -0.147. The predicted molar refractivity (Wildman–Crippen MR) is 198 cm³/mol. The number of nitrogens with one attached hydrogen (secondary N) is 5. The second-order valence-electron chi connectivity index (χ2n) is 14.7. The van der Waals surface area contributed by atoms with Crippen LogP contribution in [-0.4, -0.2) is 78.9 Å². The standard InChI is InChI=1S/C38H64N6O7/c1-11-25(9)34(37(49)44-33(24(7)8)38(50)51-10)43-32(46)21-27(39)29(20-26-16-14-13-15-17-26)42-35(47)28(12-2)41-36(48)30(18-22(3)4)40-31(45)19-23(5)6/h13-17,22-25,27-30,33-34H,11-12,18-21,39H2,1-10H3,(H,40,45)(H,41,48)(H,42,47)(H,43,46)(H,44,49)/t25-,27-,28-,29-,30-,33?,34-/m0/s1. The van der Waals surface area contributed by atoms with Crippen molar-refractivity contribution in [3.05, 3.63) is 35.9 Å². The molecule has 0 bridgehead atoms. The van der Waals surface area contributed by atoms with Crippen LogP contribution in [-0.2, 0) is 39.9 Å². The third-order valence-corrected chi connectivity index (χ3v) is 8.79. The molecule has 1 aromatic rings. The van der Waals surface area contributed by atoms with Gasteiger partial charge in [0.1, 0.15) is 24.2 Å². The van der Waals surface area contributed by atoms with Crippen LogP contribution in [0.5, 0.6) is 0 Å². The van der Waals surface area contributed by atoms with Crippen LogP contribution in [0.15, 0.2) is 30.3 Å². The average Bonchev–Trinajstić information content (AvgIpc) is 3.06. The molecule has 1 rings (SSSR count). The van der Waals surface area contributed by atoms with Crippen LogP contribution in [0.2, 0.25) is 0 Å². The summed E-state index contributed by atoms with van der Waals surface area (Å²) in [6, 6.07) is 4.22. The van der Waals surface area contributed by atoms with Gasteiger partial charge in [0, 0.05) is 24.9 Å². The Hall–Kier alpha value is -4.00. The van der Waals surface area contributed by atoms with Crippen LogP contribution in [0.1, 0.15) is 100.0 Å². The summed E-state index contributed by atoms with van der Waals surface area (Å²) < 4.78 is 4.85. The smallest absolute Gasteiger partial charge is 0.328 e. The molecule has 1 unspecified atom stereocenters. The number of carbonyl (C=O) groups is 6. The van der Waals surface area contributed by atoms with Crippen molar-refractivity contribution in [3.8, 4) is 0 Å². The first kappa shape index (κ1) is 45.0. The molecular formula is C38H64N6O7. The zero-order chi connectivity index (χ0) is 38.8. The molecule has 0 radical (unpaired) electrons. The maximum absolute atomic E-state index is 13.7. The minimum atomic E-state index is -0.942. The Morgan fingerprint density at radius 1 is 0.667 bits per heavy atom. The maximum Gasteiger partial charge on any atom is 0.328 e. The van der Waals surface area contributed by atoms with Gasteiger partial charge in [0.25, 0.3) is 0 Å². The zero-order valence-corrected chi connectivity index (χ0v) is 32.3. The highest BCUT2D eigenvalue weighted by Crippen LogP contribution is 2.14. The van der Waals surface area contributed by atoms with E-state index in [0.29, 0.717) is 19.3 Å². The lowest BCUT2D eigenvalue weighted by Gasteiger charge is -2.30. The predicted octanol–water partition coefficient (Wildman–Crippen LogP) is 2.75. The Morgan fingerprint density at radius 2 is 1.25 bits per heavy atom. The lowest BCUT2D eigenvalue weighted by atomic mass is 9.94. The minimum Gasteiger partial charge on any atom is -0.467 e. The second-order valence-corrected chi connectivity index (χ2v) is 14.7. The Morgan fingerprint density at radius 3 is 1.76 bits per heavy atom. The summed E-state index contributed by atoms with van der Waals surface area (Å²) in [5, 5.41) is 14.1. The van der Waals surface area contributed by atoms with Gasteiger partial charge in [0.05, 0.1) is 7.11 Å². The number of carbonyl (C=O) groups excluding carboxylic acids is 6. The molecular weight excluding hydrogens is 652 g/mol. The molecule has 0 saturated heterocycles. The van der Waals surface area contributed by atoms with E-state index in [9.17, 15) is 28.8 Å². The first-order chi connectivity index (χ1) is 23.9. The monoisotopic (exact) mass is 716 g/mol. The van der Waals surface area contributed by atoms with E-state index in [4.69, 9.17) is 10.5 Å². The van der Waals surface area contributed by atoms with Crippen molar-refractivity contribution >= 4 is 35.5 Å². The molecule has 0 heterocycles. The first-order valence-corrected chi connectivity index (χ1v) is 18.3. The van der Waals surface area contributed by atoms with Crippen molar-refractivity contribution in [2.75, 3.05) is 7.11 Å². The maximum atomic E-state index is 13.7. The number of benzene rings is 1. The van der Waals surface area contributed by atoms with Gasteiger partial charge in [0.2, 0.25) is 29.5 Å². The molecule has 0 fully saturated rings. The van der Waals surface area contributed by atoms with Crippen LogP contribution < -0.4 is 32.3 Å². The van der Waals surface area contributed by atoms with Gasteiger partial charge in [-0.25, -0.2) is 4.79 Å². The van der Waals surface area contributed by atoms with E-state index in [-0.39, 0.29) is 48.8 Å². The van der Waals surface area contributed by atoms with Gasteiger partial charge in [-0.1, -0.05) is 99.1 Å². The summed E-state index contributed by atoms with van der Waals surface area (Å²) in [5.74, 6) is -3.02. The Labute approximate surface area is 304 Å². The summed E-state index contributed by atoms with van der Waals surface area (Å²) in [7, 11) is 1.25. The van der Waals surface area contributed by atoms with Gasteiger partial charge in [-0.3, -0.25) is 24.0 Å². The first-order valence-electron chi connectivity index (χ1n) is 18.3. The van der Waals surface area contributed by atoms with E-state index in [2.05, 4.69) is 26.6 Å². The molecule has 0 aromatic heterocycles. The second kappa shape index (κ2) is 22.7. The molecule has 0 aliphatic heterocycles. The number of hydrogen-bond acceptors (Lipinski definition) is 8. The van der Waals surface area contributed by atoms with Gasteiger partial charge < -0.3 is 37.1 Å². The summed E-state index contributed by atoms with van der Waals surface area (Å²) >= 11 is 0. The molecule has 0 aliphatic carbocycles. The topological polar surface area (TPSA) is 198 Å². The van der Waals surface area contributed by atoms with Gasteiger partial charge in [-0.15, -0.1) is 0 Å². The van der Waals surface area contributed by atoms with E-state index < -0.39 is 65.8 Å². The van der Waals surface area contributed by atoms with Crippen LogP contribution >= 0.6 is 0 Å². The number of ether oxygens (including phenoxy) is 1. The number of esters is 1. The van der Waals surface area contributed by atoms with E-state index in [0.717, 1.165) is 5.56 Å². The quantitative estimate of drug-likeness (QED) is 0.0985. The van der Waals surface area contributed by atoms with Crippen LogP contribution in [0, 0.1) is 23.7 Å². The van der Waals surface area contributed by atoms with Crippen molar-refractivity contribution in [2.24, 2.45) is 29.4 Å². The fraction of sp³-hybridized carbons (Fsp3) is 0.684. The van der Waals surface area contributed by atoms with E-state index in [1.54, 1.807) is 20.8 Å². The number of hydrogen-bond donors (Lipinski definition) is 6. The van der Waals surface area contributed by atoms with Crippen LogP contribution in [0.3, 0.4) is 0 Å². The molecule has 7 atom stereocenters. The molecule has 13 heteroatoms. The molecule has 13 nitrogen and oxygen atoms in total. The lowest BCUT2D eigenvalue weighted by Crippen LogP contribution is -2.59. The molecule has 288 valence electrons. The van der Waals surface area contributed by atoms with E-state index in [1.165, 1.54) is 7.11 Å². The number of rotatable bonds is 22. The molecule has 1 aromatic carbocycles. The van der Waals surface area contributed by atoms with Crippen molar-refractivity contribution in [3.63, 3.8) is 0 Å². The van der Waals surface area contributed by atoms with Gasteiger partial charge in [-0.2, -0.15) is 0 Å². The summed E-state index contributed by atoms with van der Waals surface area (Å²) in [6.45, 7) is 16.8. The van der Waals surface area contributed by atoms with Gasteiger partial charge in [0.15, 0.2) is 0 Å². The van der Waals surface area contributed by atoms with Gasteiger partial charge in [-0.05, 0) is 48.5 Å². The van der Waals surface area contributed by atoms with Crippen LogP contribution in [0.4, 0.5) is 0 Å². The van der Waals surface area contributed by atoms with Crippen molar-refractivity contribution in [2.45, 2.75) is 137 Å².